The molecule has 0 spiro atoms. The third-order valence-electron chi connectivity index (χ3n) is 4.94. The molecule has 1 aromatic rings. The van der Waals surface area contributed by atoms with Crippen molar-refractivity contribution in [1.82, 2.24) is 5.32 Å². The standard InChI is InChI=1S/C19H26N2O2/c1-3-6-18(22)21-13(2)11-15-12-14(8-9-17(15)21)19(23)16-7-4-5-10-20-16/h8-9,12-13,16,20H,3-7,10-11H2,1-2H3. The molecule has 0 aromatic heterocycles. The molecule has 4 nitrogen and oxygen atoms in total. The zero-order valence-electron chi connectivity index (χ0n) is 14.1. The number of rotatable bonds is 4. The average Bonchev–Trinajstić information content (AvgIpc) is 2.90. The van der Waals surface area contributed by atoms with Crippen LogP contribution in [0.3, 0.4) is 0 Å². The Labute approximate surface area is 138 Å². The molecule has 1 N–H and O–H groups in total. The lowest BCUT2D eigenvalue weighted by molar-refractivity contribution is -0.118. The topological polar surface area (TPSA) is 49.4 Å². The molecule has 23 heavy (non-hydrogen) atoms. The van der Waals surface area contributed by atoms with Gasteiger partial charge in [0.1, 0.15) is 0 Å². The number of fused-ring (bicyclic) bond motifs is 1. The van der Waals surface area contributed by atoms with E-state index >= 15 is 0 Å². The highest BCUT2D eigenvalue weighted by atomic mass is 16.2. The highest BCUT2D eigenvalue weighted by Crippen LogP contribution is 2.34. The summed E-state index contributed by atoms with van der Waals surface area (Å²) in [7, 11) is 0. The third-order valence-corrected chi connectivity index (χ3v) is 4.94. The van der Waals surface area contributed by atoms with Crippen LogP contribution in [0.25, 0.3) is 0 Å². The van der Waals surface area contributed by atoms with Gasteiger partial charge in [-0.1, -0.05) is 13.3 Å². The van der Waals surface area contributed by atoms with E-state index < -0.39 is 0 Å². The van der Waals surface area contributed by atoms with Crippen molar-refractivity contribution in [2.24, 2.45) is 0 Å². The van der Waals surface area contributed by atoms with Crippen molar-refractivity contribution >= 4 is 17.4 Å². The molecular formula is C19H26N2O2. The number of nitrogens with one attached hydrogen (secondary N) is 1. The number of hydrogen-bond acceptors (Lipinski definition) is 3. The van der Waals surface area contributed by atoms with Crippen molar-refractivity contribution in [3.63, 3.8) is 0 Å². The van der Waals surface area contributed by atoms with Gasteiger partial charge in [-0.3, -0.25) is 9.59 Å². The Hall–Kier alpha value is -1.68. The maximum Gasteiger partial charge on any atom is 0.227 e. The highest BCUT2D eigenvalue weighted by molar-refractivity contribution is 6.02. The number of amides is 1. The molecule has 0 aliphatic carbocycles. The summed E-state index contributed by atoms with van der Waals surface area (Å²) in [5.74, 6) is 0.380. The Balaban J connectivity index is 1.82. The summed E-state index contributed by atoms with van der Waals surface area (Å²) in [6.45, 7) is 5.04. The SMILES string of the molecule is CCCC(=O)N1c2ccc(C(=O)C3CCCCN3)cc2CC1C. The van der Waals surface area contributed by atoms with Crippen LogP contribution in [0.15, 0.2) is 18.2 Å². The molecule has 1 fully saturated rings. The molecule has 4 heteroatoms. The Bertz CT molecular complexity index is 605. The minimum absolute atomic E-state index is 0.0431. The van der Waals surface area contributed by atoms with Crippen LogP contribution in [0.1, 0.15) is 61.9 Å². The Morgan fingerprint density at radius 3 is 2.83 bits per heavy atom. The van der Waals surface area contributed by atoms with Gasteiger partial charge in [-0.2, -0.15) is 0 Å². The second-order valence-electron chi connectivity index (χ2n) is 6.78. The molecule has 0 saturated carbocycles. The van der Waals surface area contributed by atoms with E-state index in [0.717, 1.165) is 55.5 Å². The number of anilines is 1. The molecule has 0 radical (unpaired) electrons. The molecule has 2 heterocycles. The van der Waals surface area contributed by atoms with Gasteiger partial charge in [0.25, 0.3) is 0 Å². The van der Waals surface area contributed by atoms with Gasteiger partial charge < -0.3 is 10.2 Å². The number of Topliss-reactive ketones (excluding diaryl/α,β-unsaturated/α-hetero) is 1. The van der Waals surface area contributed by atoms with E-state index in [9.17, 15) is 9.59 Å². The molecule has 2 unspecified atom stereocenters. The summed E-state index contributed by atoms with van der Waals surface area (Å²) in [6.07, 6.45) is 5.47. The van der Waals surface area contributed by atoms with E-state index in [-0.39, 0.29) is 23.8 Å². The summed E-state index contributed by atoms with van der Waals surface area (Å²) in [4.78, 5) is 26.9. The van der Waals surface area contributed by atoms with E-state index in [0.29, 0.717) is 6.42 Å². The second-order valence-corrected chi connectivity index (χ2v) is 6.78. The van der Waals surface area contributed by atoms with Crippen molar-refractivity contribution in [1.29, 1.82) is 0 Å². The van der Waals surface area contributed by atoms with E-state index in [4.69, 9.17) is 0 Å². The van der Waals surface area contributed by atoms with Crippen LogP contribution >= 0.6 is 0 Å². The minimum Gasteiger partial charge on any atom is -0.309 e. The van der Waals surface area contributed by atoms with Gasteiger partial charge in [0.05, 0.1) is 6.04 Å². The molecule has 1 aromatic carbocycles. The maximum atomic E-state index is 12.7. The zero-order chi connectivity index (χ0) is 16.4. The van der Waals surface area contributed by atoms with Crippen molar-refractivity contribution in [3.8, 4) is 0 Å². The van der Waals surface area contributed by atoms with Crippen molar-refractivity contribution in [2.75, 3.05) is 11.4 Å². The first-order valence-corrected chi connectivity index (χ1v) is 8.84. The summed E-state index contributed by atoms with van der Waals surface area (Å²) in [6, 6.07) is 5.99. The van der Waals surface area contributed by atoms with E-state index in [1.54, 1.807) is 0 Å². The lowest BCUT2D eigenvalue weighted by Crippen LogP contribution is -2.40. The van der Waals surface area contributed by atoms with Crippen LogP contribution in [0.2, 0.25) is 0 Å². The van der Waals surface area contributed by atoms with Crippen LogP contribution < -0.4 is 10.2 Å². The molecule has 124 valence electrons. The predicted octanol–water partition coefficient (Wildman–Crippen LogP) is 3.09. The average molecular weight is 314 g/mol. The largest absolute Gasteiger partial charge is 0.309 e. The van der Waals surface area contributed by atoms with Crippen LogP contribution in [0.4, 0.5) is 5.69 Å². The number of carbonyl (C=O) groups is 2. The first-order valence-electron chi connectivity index (χ1n) is 8.84. The lowest BCUT2D eigenvalue weighted by Gasteiger charge is -2.23. The first-order chi connectivity index (χ1) is 11.1. The second kappa shape index (κ2) is 6.83. The molecular weight excluding hydrogens is 288 g/mol. The molecule has 3 rings (SSSR count). The Morgan fingerprint density at radius 2 is 2.13 bits per heavy atom. The summed E-state index contributed by atoms with van der Waals surface area (Å²) in [5.41, 5.74) is 2.90. The van der Waals surface area contributed by atoms with Gasteiger partial charge in [-0.15, -0.1) is 0 Å². The Morgan fingerprint density at radius 1 is 1.30 bits per heavy atom. The quantitative estimate of drug-likeness (QED) is 0.869. The number of piperidine rings is 1. The van der Waals surface area contributed by atoms with Crippen molar-refractivity contribution < 1.29 is 9.59 Å². The van der Waals surface area contributed by atoms with Crippen LogP contribution in [-0.4, -0.2) is 30.3 Å². The number of carbonyl (C=O) groups excluding carboxylic acids is 2. The fourth-order valence-corrected chi connectivity index (χ4v) is 3.78. The molecule has 0 bridgehead atoms. The lowest BCUT2D eigenvalue weighted by atomic mass is 9.95. The van der Waals surface area contributed by atoms with E-state index in [1.165, 1.54) is 0 Å². The normalized spacial score (nSPS) is 23.7. The molecule has 2 atom stereocenters. The van der Waals surface area contributed by atoms with Gasteiger partial charge in [0, 0.05) is 23.7 Å². The fourth-order valence-electron chi connectivity index (χ4n) is 3.78. The number of benzene rings is 1. The van der Waals surface area contributed by atoms with Crippen LogP contribution in [-0.2, 0) is 11.2 Å². The van der Waals surface area contributed by atoms with Gasteiger partial charge in [-0.25, -0.2) is 0 Å². The van der Waals surface area contributed by atoms with E-state index in [1.807, 2.05) is 30.0 Å². The van der Waals surface area contributed by atoms with Crippen molar-refractivity contribution in [2.45, 2.75) is 64.5 Å². The third kappa shape index (κ3) is 3.18. The maximum absolute atomic E-state index is 12.7. The smallest absolute Gasteiger partial charge is 0.227 e. The minimum atomic E-state index is -0.0431. The van der Waals surface area contributed by atoms with E-state index in [2.05, 4.69) is 12.2 Å². The molecule has 2 aliphatic heterocycles. The highest BCUT2D eigenvalue weighted by Gasteiger charge is 2.31. The van der Waals surface area contributed by atoms with Crippen LogP contribution in [0, 0.1) is 0 Å². The predicted molar refractivity (Wildman–Crippen MR) is 92.0 cm³/mol. The summed E-state index contributed by atoms with van der Waals surface area (Å²) < 4.78 is 0. The van der Waals surface area contributed by atoms with Crippen LogP contribution in [0.5, 0.6) is 0 Å². The fraction of sp³-hybridized carbons (Fsp3) is 0.579. The first kappa shape index (κ1) is 16.2. The van der Waals surface area contributed by atoms with Gasteiger partial charge in [0.15, 0.2) is 5.78 Å². The summed E-state index contributed by atoms with van der Waals surface area (Å²) in [5, 5.41) is 3.32. The number of ketones is 1. The van der Waals surface area contributed by atoms with Gasteiger partial charge in [0.2, 0.25) is 5.91 Å². The number of nitrogens with zero attached hydrogens (tertiary/aromatic N) is 1. The monoisotopic (exact) mass is 314 g/mol. The Kier molecular flexibility index (Phi) is 4.81. The van der Waals surface area contributed by atoms with Gasteiger partial charge in [-0.05, 0) is 62.9 Å². The molecule has 1 amide bonds. The number of hydrogen-bond donors (Lipinski definition) is 1. The summed E-state index contributed by atoms with van der Waals surface area (Å²) >= 11 is 0. The molecule has 2 aliphatic rings. The van der Waals surface area contributed by atoms with Crippen molar-refractivity contribution in [3.05, 3.63) is 29.3 Å². The van der Waals surface area contributed by atoms with Gasteiger partial charge >= 0.3 is 0 Å². The molecule has 1 saturated heterocycles. The zero-order valence-corrected chi connectivity index (χ0v) is 14.1.